The quantitative estimate of drug-likeness (QED) is 0.815. The first kappa shape index (κ1) is 18.3. The molecule has 0 aromatic carbocycles. The van der Waals surface area contributed by atoms with Crippen molar-refractivity contribution in [1.29, 1.82) is 0 Å². The van der Waals surface area contributed by atoms with Crippen molar-refractivity contribution in [1.82, 2.24) is 25.7 Å². The van der Waals surface area contributed by atoms with Gasteiger partial charge in [0.25, 0.3) is 0 Å². The van der Waals surface area contributed by atoms with Crippen molar-refractivity contribution >= 4 is 5.91 Å². The molecule has 2 aliphatic heterocycles. The van der Waals surface area contributed by atoms with Gasteiger partial charge >= 0.3 is 0 Å². The van der Waals surface area contributed by atoms with Crippen LogP contribution in [0.15, 0.2) is 4.52 Å². The van der Waals surface area contributed by atoms with Crippen molar-refractivity contribution in [3.05, 3.63) is 11.7 Å². The molecular formula is C18H31N5O2. The van der Waals surface area contributed by atoms with E-state index in [1.54, 1.807) is 0 Å². The topological polar surface area (TPSA) is 83.3 Å². The lowest BCUT2D eigenvalue weighted by atomic mass is 9.96. The fourth-order valence-corrected chi connectivity index (χ4v) is 3.70. The van der Waals surface area contributed by atoms with E-state index in [2.05, 4.69) is 46.4 Å². The third kappa shape index (κ3) is 4.58. The molecule has 0 saturated carbocycles. The minimum Gasteiger partial charge on any atom is -0.354 e. The number of rotatable bonds is 6. The number of carbonyl (C=O) groups excluding carboxylic acids is 1. The van der Waals surface area contributed by atoms with Gasteiger partial charge in [-0.05, 0) is 51.6 Å². The van der Waals surface area contributed by atoms with Gasteiger partial charge in [0.2, 0.25) is 11.8 Å². The van der Waals surface area contributed by atoms with Crippen LogP contribution < -0.4 is 10.6 Å². The second kappa shape index (κ2) is 8.27. The maximum atomic E-state index is 12.2. The van der Waals surface area contributed by atoms with Crippen LogP contribution in [-0.4, -0.2) is 53.2 Å². The molecule has 0 bridgehead atoms. The SMILES string of the molecule is CC(C)c1noc(C(C)N2CCCC(CNC(=O)C3CCCN3)C2)n1. The highest BCUT2D eigenvalue weighted by Gasteiger charge is 2.29. The molecule has 0 radical (unpaired) electrons. The number of hydrogen-bond donors (Lipinski definition) is 2. The lowest BCUT2D eigenvalue weighted by Gasteiger charge is -2.35. The Morgan fingerprint density at radius 3 is 2.88 bits per heavy atom. The van der Waals surface area contributed by atoms with Gasteiger partial charge in [0.15, 0.2) is 5.82 Å². The summed E-state index contributed by atoms with van der Waals surface area (Å²) in [4.78, 5) is 19.1. The summed E-state index contributed by atoms with van der Waals surface area (Å²) in [6.07, 6.45) is 4.34. The van der Waals surface area contributed by atoms with E-state index < -0.39 is 0 Å². The van der Waals surface area contributed by atoms with Crippen molar-refractivity contribution in [3.8, 4) is 0 Å². The lowest BCUT2D eigenvalue weighted by molar-refractivity contribution is -0.123. The van der Waals surface area contributed by atoms with Crippen LogP contribution in [0.5, 0.6) is 0 Å². The van der Waals surface area contributed by atoms with Crippen LogP contribution in [-0.2, 0) is 4.79 Å². The molecule has 1 amide bonds. The van der Waals surface area contributed by atoms with E-state index in [0.29, 0.717) is 11.8 Å². The number of likely N-dealkylation sites (tertiary alicyclic amines) is 1. The van der Waals surface area contributed by atoms with E-state index in [9.17, 15) is 4.79 Å². The average molecular weight is 349 g/mol. The van der Waals surface area contributed by atoms with Gasteiger partial charge < -0.3 is 15.2 Å². The Morgan fingerprint density at radius 1 is 1.36 bits per heavy atom. The van der Waals surface area contributed by atoms with Crippen molar-refractivity contribution in [2.24, 2.45) is 5.92 Å². The molecule has 0 spiro atoms. The Balaban J connectivity index is 1.50. The predicted molar refractivity (Wildman–Crippen MR) is 95.1 cm³/mol. The first-order chi connectivity index (χ1) is 12.0. The predicted octanol–water partition coefficient (Wildman–Crippen LogP) is 1.83. The summed E-state index contributed by atoms with van der Waals surface area (Å²) >= 11 is 0. The van der Waals surface area contributed by atoms with E-state index in [1.807, 2.05) is 0 Å². The molecule has 2 N–H and O–H groups in total. The summed E-state index contributed by atoms with van der Waals surface area (Å²) in [5.74, 6) is 2.38. The Morgan fingerprint density at radius 2 is 2.20 bits per heavy atom. The summed E-state index contributed by atoms with van der Waals surface area (Å²) in [6, 6.07) is 0.126. The van der Waals surface area contributed by atoms with Crippen LogP contribution in [0.4, 0.5) is 0 Å². The fraction of sp³-hybridized carbons (Fsp3) is 0.833. The van der Waals surface area contributed by atoms with E-state index in [1.165, 1.54) is 0 Å². The minimum absolute atomic E-state index is 0.00599. The van der Waals surface area contributed by atoms with Gasteiger partial charge in [0.05, 0.1) is 12.1 Å². The Labute approximate surface area is 149 Å². The van der Waals surface area contributed by atoms with Gasteiger partial charge in [0.1, 0.15) is 0 Å². The molecule has 3 rings (SSSR count). The largest absolute Gasteiger partial charge is 0.354 e. The first-order valence-corrected chi connectivity index (χ1v) is 9.63. The van der Waals surface area contributed by atoms with E-state index in [0.717, 1.165) is 57.7 Å². The van der Waals surface area contributed by atoms with Gasteiger partial charge in [0, 0.05) is 19.0 Å². The number of carbonyl (C=O) groups is 1. The Kier molecular flexibility index (Phi) is 6.06. The van der Waals surface area contributed by atoms with Gasteiger partial charge in [-0.25, -0.2) is 0 Å². The second-order valence-corrected chi connectivity index (χ2v) is 7.72. The van der Waals surface area contributed by atoms with E-state index >= 15 is 0 Å². The highest BCUT2D eigenvalue weighted by molar-refractivity contribution is 5.81. The number of aromatic nitrogens is 2. The summed E-state index contributed by atoms with van der Waals surface area (Å²) in [7, 11) is 0. The summed E-state index contributed by atoms with van der Waals surface area (Å²) < 4.78 is 5.46. The fourth-order valence-electron chi connectivity index (χ4n) is 3.70. The standard InChI is InChI=1S/C18H31N5O2/c1-12(2)16-21-18(25-22-16)13(3)23-9-5-6-14(11-23)10-20-17(24)15-7-4-8-19-15/h12-15,19H,4-11H2,1-3H3,(H,20,24). The van der Waals surface area contributed by atoms with E-state index in [-0.39, 0.29) is 23.9 Å². The Hall–Kier alpha value is -1.47. The third-order valence-electron chi connectivity index (χ3n) is 5.37. The molecule has 7 heteroatoms. The average Bonchev–Trinajstić information content (AvgIpc) is 3.30. The zero-order valence-corrected chi connectivity index (χ0v) is 15.6. The first-order valence-electron chi connectivity index (χ1n) is 9.63. The molecule has 3 heterocycles. The molecule has 140 valence electrons. The minimum atomic E-state index is 0.00599. The van der Waals surface area contributed by atoms with Crippen LogP contribution in [0, 0.1) is 5.92 Å². The molecule has 0 aliphatic carbocycles. The molecule has 7 nitrogen and oxygen atoms in total. The molecule has 2 fully saturated rings. The zero-order chi connectivity index (χ0) is 17.8. The van der Waals surface area contributed by atoms with Crippen molar-refractivity contribution < 1.29 is 9.32 Å². The number of nitrogens with one attached hydrogen (secondary N) is 2. The summed E-state index contributed by atoms with van der Waals surface area (Å²) in [5, 5.41) is 10.5. The monoisotopic (exact) mass is 349 g/mol. The highest BCUT2D eigenvalue weighted by atomic mass is 16.5. The number of amides is 1. The smallest absolute Gasteiger partial charge is 0.243 e. The van der Waals surface area contributed by atoms with Gasteiger partial charge in [-0.15, -0.1) is 0 Å². The molecule has 3 unspecified atom stereocenters. The Bertz CT molecular complexity index is 568. The number of hydrogen-bond acceptors (Lipinski definition) is 6. The molecule has 2 saturated heterocycles. The van der Waals surface area contributed by atoms with Crippen LogP contribution >= 0.6 is 0 Å². The van der Waals surface area contributed by atoms with Crippen LogP contribution in [0.1, 0.15) is 70.1 Å². The second-order valence-electron chi connectivity index (χ2n) is 7.72. The zero-order valence-electron chi connectivity index (χ0n) is 15.6. The lowest BCUT2D eigenvalue weighted by Crippen LogP contribution is -2.45. The van der Waals surface area contributed by atoms with Crippen molar-refractivity contribution in [2.45, 2.75) is 64.5 Å². The molecule has 25 heavy (non-hydrogen) atoms. The third-order valence-corrected chi connectivity index (χ3v) is 5.37. The van der Waals surface area contributed by atoms with Gasteiger partial charge in [-0.2, -0.15) is 4.98 Å². The molecule has 1 aromatic heterocycles. The molecule has 2 aliphatic rings. The number of piperidine rings is 1. The van der Waals surface area contributed by atoms with Crippen LogP contribution in [0.3, 0.4) is 0 Å². The molecule has 3 atom stereocenters. The van der Waals surface area contributed by atoms with Crippen molar-refractivity contribution in [2.75, 3.05) is 26.2 Å². The maximum Gasteiger partial charge on any atom is 0.243 e. The van der Waals surface area contributed by atoms with Crippen LogP contribution in [0.2, 0.25) is 0 Å². The van der Waals surface area contributed by atoms with Crippen molar-refractivity contribution in [3.63, 3.8) is 0 Å². The normalized spacial score (nSPS) is 26.1. The van der Waals surface area contributed by atoms with Crippen LogP contribution in [0.25, 0.3) is 0 Å². The van der Waals surface area contributed by atoms with Gasteiger partial charge in [-0.3, -0.25) is 9.69 Å². The highest BCUT2D eigenvalue weighted by Crippen LogP contribution is 2.26. The summed E-state index contributed by atoms with van der Waals surface area (Å²) in [5.41, 5.74) is 0. The maximum absolute atomic E-state index is 12.2. The number of nitrogens with zero attached hydrogens (tertiary/aromatic N) is 3. The molecule has 1 aromatic rings. The van der Waals surface area contributed by atoms with Gasteiger partial charge in [-0.1, -0.05) is 19.0 Å². The van der Waals surface area contributed by atoms with E-state index in [4.69, 9.17) is 4.52 Å². The molecular weight excluding hydrogens is 318 g/mol. The summed E-state index contributed by atoms with van der Waals surface area (Å²) in [6.45, 7) is 9.96.